The summed E-state index contributed by atoms with van der Waals surface area (Å²) in [6.07, 6.45) is 0.987. The van der Waals surface area contributed by atoms with Gasteiger partial charge in [-0.05, 0) is 54.7 Å². The number of hydrogen-bond donors (Lipinski definition) is 1. The van der Waals surface area contributed by atoms with Gasteiger partial charge in [0.15, 0.2) is 11.5 Å². The van der Waals surface area contributed by atoms with Gasteiger partial charge < -0.3 is 14.5 Å². The maximum absolute atomic E-state index is 13.4. The number of ether oxygens (including phenoxy) is 1. The Morgan fingerprint density at radius 3 is 2.56 bits per heavy atom. The van der Waals surface area contributed by atoms with E-state index >= 15 is 0 Å². The van der Waals surface area contributed by atoms with Crippen LogP contribution < -0.4 is 10.1 Å². The summed E-state index contributed by atoms with van der Waals surface area (Å²) in [6.45, 7) is 6.74. The second kappa shape index (κ2) is 8.55. The molecule has 9 heteroatoms. The van der Waals surface area contributed by atoms with Gasteiger partial charge in [0.2, 0.25) is 10.0 Å². The third kappa shape index (κ3) is 4.35. The van der Waals surface area contributed by atoms with E-state index < -0.39 is 15.9 Å². The summed E-state index contributed by atoms with van der Waals surface area (Å²) < 4.78 is 39.1. The third-order valence-electron chi connectivity index (χ3n) is 5.63. The maximum atomic E-state index is 13.4. The van der Waals surface area contributed by atoms with Crippen molar-refractivity contribution in [3.63, 3.8) is 0 Å². The molecular weight excluding hydrogens is 430 g/mol. The summed E-state index contributed by atoms with van der Waals surface area (Å²) in [5, 5.41) is 2.80. The van der Waals surface area contributed by atoms with Gasteiger partial charge in [-0.25, -0.2) is 13.4 Å². The van der Waals surface area contributed by atoms with Crippen LogP contribution in [-0.2, 0) is 10.0 Å². The largest absolute Gasteiger partial charge is 0.495 e. The molecular formula is C23H27N3O5S. The van der Waals surface area contributed by atoms with Crippen molar-refractivity contribution in [2.75, 3.05) is 25.5 Å². The van der Waals surface area contributed by atoms with Crippen LogP contribution in [0.3, 0.4) is 0 Å². The van der Waals surface area contributed by atoms with Gasteiger partial charge in [-0.15, -0.1) is 0 Å². The molecule has 2 atom stereocenters. The lowest BCUT2D eigenvalue weighted by atomic mass is 9.94. The second-order valence-electron chi connectivity index (χ2n) is 8.50. The summed E-state index contributed by atoms with van der Waals surface area (Å²) >= 11 is 0. The number of oxazole rings is 1. The van der Waals surface area contributed by atoms with Crippen molar-refractivity contribution in [1.82, 2.24) is 9.29 Å². The number of benzene rings is 2. The molecule has 0 spiro atoms. The molecule has 3 aromatic rings. The minimum Gasteiger partial charge on any atom is -0.495 e. The van der Waals surface area contributed by atoms with Crippen molar-refractivity contribution < 1.29 is 22.4 Å². The molecule has 1 aliphatic heterocycles. The number of hydrogen-bond acceptors (Lipinski definition) is 6. The predicted molar refractivity (Wildman–Crippen MR) is 121 cm³/mol. The van der Waals surface area contributed by atoms with Crippen LogP contribution in [0.15, 0.2) is 45.7 Å². The van der Waals surface area contributed by atoms with Gasteiger partial charge in [0, 0.05) is 31.3 Å². The minimum atomic E-state index is -3.82. The van der Waals surface area contributed by atoms with Crippen LogP contribution in [0, 0.1) is 18.8 Å². The van der Waals surface area contributed by atoms with E-state index in [-0.39, 0.29) is 28.0 Å². The average Bonchev–Trinajstić information content (AvgIpc) is 3.11. The smallest absolute Gasteiger partial charge is 0.255 e. The highest BCUT2D eigenvalue weighted by Crippen LogP contribution is 2.32. The first kappa shape index (κ1) is 22.3. The first-order valence-corrected chi connectivity index (χ1v) is 12.0. The second-order valence-corrected chi connectivity index (χ2v) is 10.4. The first-order valence-electron chi connectivity index (χ1n) is 10.5. The zero-order valence-electron chi connectivity index (χ0n) is 18.6. The molecule has 1 aliphatic rings. The van der Waals surface area contributed by atoms with Crippen LogP contribution >= 0.6 is 0 Å². The molecule has 0 radical (unpaired) electrons. The van der Waals surface area contributed by atoms with E-state index in [1.165, 1.54) is 23.5 Å². The molecule has 1 N–H and O–H groups in total. The van der Waals surface area contributed by atoms with E-state index in [2.05, 4.69) is 10.3 Å². The van der Waals surface area contributed by atoms with Crippen molar-refractivity contribution in [3.8, 4) is 5.75 Å². The van der Waals surface area contributed by atoms with Crippen LogP contribution in [-0.4, -0.2) is 43.8 Å². The molecule has 170 valence electrons. The Bertz CT molecular complexity index is 1260. The van der Waals surface area contributed by atoms with Gasteiger partial charge in [0.1, 0.15) is 16.2 Å². The molecule has 2 unspecified atom stereocenters. The number of anilines is 1. The van der Waals surface area contributed by atoms with E-state index in [4.69, 9.17) is 9.15 Å². The number of nitrogens with one attached hydrogen (secondary N) is 1. The van der Waals surface area contributed by atoms with Gasteiger partial charge in [-0.2, -0.15) is 4.31 Å². The Morgan fingerprint density at radius 2 is 1.88 bits per heavy atom. The average molecular weight is 458 g/mol. The lowest BCUT2D eigenvalue weighted by molar-refractivity contribution is 0.102. The van der Waals surface area contributed by atoms with Crippen LogP contribution in [0.2, 0.25) is 0 Å². The number of carbonyl (C=O) groups is 1. The van der Waals surface area contributed by atoms with E-state index in [0.29, 0.717) is 35.8 Å². The molecule has 0 aliphatic carbocycles. The molecule has 0 bridgehead atoms. The Morgan fingerprint density at radius 1 is 1.16 bits per heavy atom. The highest BCUT2D eigenvalue weighted by atomic mass is 32.2. The number of methoxy groups -OCH3 is 1. The number of piperidine rings is 1. The first-order chi connectivity index (χ1) is 15.2. The highest BCUT2D eigenvalue weighted by molar-refractivity contribution is 7.89. The summed E-state index contributed by atoms with van der Waals surface area (Å²) in [6, 6.07) is 9.60. The number of rotatable bonds is 5. The monoisotopic (exact) mass is 457 g/mol. The number of fused-ring (bicyclic) bond motifs is 1. The van der Waals surface area contributed by atoms with Crippen LogP contribution in [0.25, 0.3) is 11.1 Å². The Balaban J connectivity index is 1.63. The number of amides is 1. The highest BCUT2D eigenvalue weighted by Gasteiger charge is 2.34. The number of aromatic nitrogens is 1. The SMILES string of the molecule is COc1ccc(C(=O)Nc2ccc3oc(C)nc3c2)cc1S(=O)(=O)N1CC(C)CC(C)C1. The molecule has 1 fully saturated rings. The van der Waals surface area contributed by atoms with E-state index in [1.54, 1.807) is 31.2 Å². The zero-order valence-corrected chi connectivity index (χ0v) is 19.4. The Labute approximate surface area is 187 Å². The summed E-state index contributed by atoms with van der Waals surface area (Å²) in [7, 11) is -2.40. The van der Waals surface area contributed by atoms with Gasteiger partial charge in [-0.3, -0.25) is 4.79 Å². The number of nitrogens with zero attached hydrogens (tertiary/aromatic N) is 2. The summed E-state index contributed by atoms with van der Waals surface area (Å²) in [4.78, 5) is 17.2. The topological polar surface area (TPSA) is 102 Å². The fourth-order valence-electron chi connectivity index (χ4n) is 4.28. The molecule has 2 aromatic carbocycles. The van der Waals surface area contributed by atoms with Crippen LogP contribution in [0.1, 0.15) is 36.5 Å². The number of aryl methyl sites for hydroxylation is 1. The van der Waals surface area contributed by atoms with Gasteiger partial charge in [0.05, 0.1) is 7.11 Å². The normalized spacial score (nSPS) is 19.8. The summed E-state index contributed by atoms with van der Waals surface area (Å²) in [5.74, 6) is 0.855. The Hall–Kier alpha value is -2.91. The molecule has 0 saturated carbocycles. The lowest BCUT2D eigenvalue weighted by Crippen LogP contribution is -2.42. The van der Waals surface area contributed by atoms with Crippen molar-refractivity contribution in [2.45, 2.75) is 32.1 Å². The number of sulfonamides is 1. The molecule has 1 aromatic heterocycles. The van der Waals surface area contributed by atoms with Gasteiger partial charge in [0.25, 0.3) is 5.91 Å². The quantitative estimate of drug-likeness (QED) is 0.620. The summed E-state index contributed by atoms with van der Waals surface area (Å²) in [5.41, 5.74) is 2.02. The fourth-order valence-corrected chi connectivity index (χ4v) is 6.15. The molecule has 2 heterocycles. The van der Waals surface area contributed by atoms with Gasteiger partial charge >= 0.3 is 0 Å². The van der Waals surface area contributed by atoms with Crippen molar-refractivity contribution >= 4 is 32.7 Å². The standard InChI is InChI=1S/C23H27N3O5S/c1-14-9-15(2)13-26(12-14)32(28,29)22-10-17(5-7-21(22)30-4)23(27)25-18-6-8-20-19(11-18)24-16(3)31-20/h5-8,10-11,14-15H,9,12-13H2,1-4H3,(H,25,27). The molecule has 8 nitrogen and oxygen atoms in total. The number of carbonyl (C=O) groups excluding carboxylic acids is 1. The fraction of sp³-hybridized carbons (Fsp3) is 0.391. The van der Waals surface area contributed by atoms with E-state index in [9.17, 15) is 13.2 Å². The Kier molecular flexibility index (Phi) is 5.96. The van der Waals surface area contributed by atoms with E-state index in [0.717, 1.165) is 6.42 Å². The van der Waals surface area contributed by atoms with Crippen molar-refractivity contribution in [2.24, 2.45) is 11.8 Å². The van der Waals surface area contributed by atoms with Crippen molar-refractivity contribution in [1.29, 1.82) is 0 Å². The molecule has 32 heavy (non-hydrogen) atoms. The van der Waals surface area contributed by atoms with Gasteiger partial charge in [-0.1, -0.05) is 13.8 Å². The molecule has 4 rings (SSSR count). The molecule has 1 amide bonds. The van der Waals surface area contributed by atoms with E-state index in [1.807, 2.05) is 13.8 Å². The predicted octanol–water partition coefficient (Wildman–Crippen LogP) is 4.06. The minimum absolute atomic E-state index is 0.00321. The maximum Gasteiger partial charge on any atom is 0.255 e. The lowest BCUT2D eigenvalue weighted by Gasteiger charge is -2.34. The molecule has 1 saturated heterocycles. The van der Waals surface area contributed by atoms with Crippen LogP contribution in [0.4, 0.5) is 5.69 Å². The third-order valence-corrected chi connectivity index (χ3v) is 7.48. The zero-order chi connectivity index (χ0) is 23.0. The van der Waals surface area contributed by atoms with Crippen molar-refractivity contribution in [3.05, 3.63) is 47.9 Å². The van der Waals surface area contributed by atoms with Crippen LogP contribution in [0.5, 0.6) is 5.75 Å².